The normalized spacial score (nSPS) is 19.5. The Bertz CT molecular complexity index is 930. The van der Waals surface area contributed by atoms with Crippen molar-refractivity contribution in [1.82, 2.24) is 19.4 Å². The molecule has 3 aromatic rings. The van der Waals surface area contributed by atoms with E-state index in [2.05, 4.69) is 66.6 Å². The molecule has 160 valence electrons. The molecule has 30 heavy (non-hydrogen) atoms. The molecule has 3 aromatic heterocycles. The maximum Gasteiger partial charge on any atom is 0.243 e. The van der Waals surface area contributed by atoms with Gasteiger partial charge in [0.15, 0.2) is 0 Å². The second kappa shape index (κ2) is 10.0. The van der Waals surface area contributed by atoms with Crippen LogP contribution in [0.3, 0.4) is 0 Å². The Hall–Kier alpha value is -1.80. The fraction of sp³-hybridized carbons (Fsp3) is 0.458. The van der Waals surface area contributed by atoms with Crippen molar-refractivity contribution in [1.29, 1.82) is 0 Å². The van der Waals surface area contributed by atoms with Crippen LogP contribution in [-0.2, 0) is 20.5 Å². The van der Waals surface area contributed by atoms with Gasteiger partial charge in [-0.2, -0.15) is 0 Å². The molecule has 2 unspecified atom stereocenters. The largest absolute Gasteiger partial charge is 1.00 e. The van der Waals surface area contributed by atoms with E-state index in [1.54, 1.807) is 0 Å². The van der Waals surface area contributed by atoms with Gasteiger partial charge in [0.25, 0.3) is 0 Å². The molecular weight excluding hydrogens is 485 g/mol. The first-order valence-corrected chi connectivity index (χ1v) is 10.6. The summed E-state index contributed by atoms with van der Waals surface area (Å²) in [6, 6.07) is 9.13. The van der Waals surface area contributed by atoms with E-state index in [9.17, 15) is 0 Å². The number of hydrogen-bond donors (Lipinski definition) is 0. The van der Waals surface area contributed by atoms with Crippen LogP contribution < -0.4 is 28.5 Å². The molecular formula is C24H32IN5. The Balaban J connectivity index is 0.00000256. The van der Waals surface area contributed by atoms with Crippen LogP contribution >= 0.6 is 0 Å². The number of likely N-dealkylation sites (tertiary alicyclic amines) is 1. The summed E-state index contributed by atoms with van der Waals surface area (Å²) in [5.74, 6) is 0. The molecule has 0 aromatic carbocycles. The van der Waals surface area contributed by atoms with E-state index in [0.717, 1.165) is 25.8 Å². The number of piperidine rings is 1. The summed E-state index contributed by atoms with van der Waals surface area (Å²) in [5, 5.41) is 0. The highest BCUT2D eigenvalue weighted by molar-refractivity contribution is 5.26. The molecule has 0 saturated carbocycles. The topological polar surface area (TPSA) is 37.8 Å². The molecule has 0 N–H and O–H groups in total. The minimum absolute atomic E-state index is 0. The Morgan fingerprint density at radius 3 is 2.03 bits per heavy atom. The van der Waals surface area contributed by atoms with E-state index in [1.807, 2.05) is 24.5 Å². The van der Waals surface area contributed by atoms with Crippen molar-refractivity contribution >= 4 is 0 Å². The van der Waals surface area contributed by atoms with Crippen LogP contribution in [0.5, 0.6) is 0 Å². The summed E-state index contributed by atoms with van der Waals surface area (Å²) in [6.07, 6.45) is 12.8. The standard InChI is InChI=1S/C24H32N5.HI/c1-18-8-6-13-25-23(18)21-10-5-11-22(24-19(2)9-7-14-26-24)29(21)15-12-20-16-27(3)17-28(20)4;/h6-9,13-14,16-17,21-22H,5,10-12,15H2,1-4H3;1H/q+1;/p-1. The third kappa shape index (κ3) is 4.75. The minimum Gasteiger partial charge on any atom is -1.00 e. The van der Waals surface area contributed by atoms with Crippen LogP contribution in [0.2, 0.25) is 0 Å². The zero-order chi connectivity index (χ0) is 20.4. The molecule has 0 radical (unpaired) electrons. The number of hydrogen-bond acceptors (Lipinski definition) is 3. The smallest absolute Gasteiger partial charge is 0.243 e. The second-order valence-corrected chi connectivity index (χ2v) is 8.37. The third-order valence-electron chi connectivity index (χ3n) is 6.27. The Kier molecular flexibility index (Phi) is 7.63. The highest BCUT2D eigenvalue weighted by atomic mass is 127. The molecule has 2 atom stereocenters. The molecule has 4 heterocycles. The summed E-state index contributed by atoms with van der Waals surface area (Å²) < 4.78 is 4.36. The van der Waals surface area contributed by atoms with Gasteiger partial charge in [-0.15, -0.1) is 0 Å². The van der Waals surface area contributed by atoms with Gasteiger partial charge in [-0.05, 0) is 56.4 Å². The molecule has 6 heteroatoms. The Morgan fingerprint density at radius 2 is 1.57 bits per heavy atom. The lowest BCUT2D eigenvalue weighted by atomic mass is 9.88. The van der Waals surface area contributed by atoms with Crippen LogP contribution in [0.25, 0.3) is 0 Å². The number of aromatic nitrogens is 4. The summed E-state index contributed by atoms with van der Waals surface area (Å²) >= 11 is 0. The number of aryl methyl sites for hydroxylation is 4. The molecule has 1 saturated heterocycles. The van der Waals surface area contributed by atoms with E-state index in [0.29, 0.717) is 12.1 Å². The molecule has 4 rings (SSSR count). The molecule has 1 aliphatic heterocycles. The average Bonchev–Trinajstić information content (AvgIpc) is 3.04. The van der Waals surface area contributed by atoms with Gasteiger partial charge in [0.05, 0.1) is 37.6 Å². The van der Waals surface area contributed by atoms with Crippen molar-refractivity contribution in [2.75, 3.05) is 6.54 Å². The van der Waals surface area contributed by atoms with Gasteiger partial charge < -0.3 is 24.0 Å². The highest BCUT2D eigenvalue weighted by Gasteiger charge is 2.35. The predicted octanol–water partition coefficient (Wildman–Crippen LogP) is 0.771. The van der Waals surface area contributed by atoms with E-state index in [-0.39, 0.29) is 24.0 Å². The van der Waals surface area contributed by atoms with Crippen LogP contribution in [-0.4, -0.2) is 26.0 Å². The summed E-state index contributed by atoms with van der Waals surface area (Å²) in [5.41, 5.74) is 6.37. The molecule has 0 aliphatic carbocycles. The number of nitrogens with zero attached hydrogens (tertiary/aromatic N) is 5. The zero-order valence-corrected chi connectivity index (χ0v) is 20.6. The first-order valence-electron chi connectivity index (χ1n) is 10.6. The maximum absolute atomic E-state index is 4.81. The van der Waals surface area contributed by atoms with E-state index >= 15 is 0 Å². The Morgan fingerprint density at radius 1 is 1.00 bits per heavy atom. The second-order valence-electron chi connectivity index (χ2n) is 8.37. The highest BCUT2D eigenvalue weighted by Crippen LogP contribution is 2.42. The van der Waals surface area contributed by atoms with Crippen molar-refractivity contribution in [3.8, 4) is 0 Å². The van der Waals surface area contributed by atoms with E-state index in [1.165, 1.54) is 34.6 Å². The maximum atomic E-state index is 4.81. The molecule has 1 fully saturated rings. The third-order valence-corrected chi connectivity index (χ3v) is 6.27. The summed E-state index contributed by atoms with van der Waals surface area (Å²) in [6.45, 7) is 5.37. The molecule has 0 bridgehead atoms. The number of rotatable bonds is 5. The fourth-order valence-electron chi connectivity index (χ4n) is 4.84. The van der Waals surface area contributed by atoms with Crippen molar-refractivity contribution in [2.24, 2.45) is 14.1 Å². The van der Waals surface area contributed by atoms with E-state index < -0.39 is 0 Å². The van der Waals surface area contributed by atoms with Gasteiger partial charge in [-0.25, -0.2) is 9.13 Å². The number of pyridine rings is 2. The van der Waals surface area contributed by atoms with Crippen molar-refractivity contribution in [3.63, 3.8) is 0 Å². The van der Waals surface area contributed by atoms with Crippen molar-refractivity contribution < 1.29 is 28.5 Å². The van der Waals surface area contributed by atoms with E-state index in [4.69, 9.17) is 9.97 Å². The van der Waals surface area contributed by atoms with Gasteiger partial charge in [-0.3, -0.25) is 14.9 Å². The van der Waals surface area contributed by atoms with Gasteiger partial charge >= 0.3 is 0 Å². The first kappa shape index (κ1) is 22.9. The van der Waals surface area contributed by atoms with Gasteiger partial charge in [0.2, 0.25) is 6.33 Å². The van der Waals surface area contributed by atoms with Crippen LogP contribution in [0, 0.1) is 13.8 Å². The first-order chi connectivity index (χ1) is 14.0. The monoisotopic (exact) mass is 517 g/mol. The Labute approximate surface area is 197 Å². The lowest BCUT2D eigenvalue weighted by molar-refractivity contribution is -0.671. The number of halogens is 1. The lowest BCUT2D eigenvalue weighted by Gasteiger charge is -2.42. The quantitative estimate of drug-likeness (QED) is 0.371. The van der Waals surface area contributed by atoms with Gasteiger partial charge in [-0.1, -0.05) is 12.1 Å². The van der Waals surface area contributed by atoms with Crippen molar-refractivity contribution in [3.05, 3.63) is 77.4 Å². The molecule has 0 spiro atoms. The fourth-order valence-corrected chi connectivity index (χ4v) is 4.84. The van der Waals surface area contributed by atoms with Crippen molar-refractivity contribution in [2.45, 2.75) is 51.6 Å². The summed E-state index contributed by atoms with van der Waals surface area (Å²) in [4.78, 5) is 12.3. The van der Waals surface area contributed by atoms with Crippen LogP contribution in [0.1, 0.15) is 59.6 Å². The molecule has 1 aliphatic rings. The minimum atomic E-state index is 0. The number of imidazole rings is 1. The lowest BCUT2D eigenvalue weighted by Crippen LogP contribution is -3.00. The average molecular weight is 517 g/mol. The zero-order valence-electron chi connectivity index (χ0n) is 18.4. The summed E-state index contributed by atoms with van der Waals surface area (Å²) in [7, 11) is 4.22. The van der Waals surface area contributed by atoms with Gasteiger partial charge in [0, 0.05) is 25.4 Å². The molecule has 5 nitrogen and oxygen atoms in total. The predicted molar refractivity (Wildman–Crippen MR) is 114 cm³/mol. The van der Waals surface area contributed by atoms with Crippen LogP contribution in [0.15, 0.2) is 49.2 Å². The van der Waals surface area contributed by atoms with Gasteiger partial charge in [0.1, 0.15) is 11.9 Å². The molecule has 0 amide bonds. The van der Waals surface area contributed by atoms with Crippen LogP contribution in [0.4, 0.5) is 0 Å². The SMILES string of the molecule is Cc1cccnc1C1CCCC(c2ncccc2C)N1CCc1c[n+](C)cn1C.[I-].